The normalized spacial score (nSPS) is 12.9. The highest BCUT2D eigenvalue weighted by molar-refractivity contribution is 6.34. The van der Waals surface area contributed by atoms with Crippen LogP contribution in [0.25, 0.3) is 0 Å². The monoisotopic (exact) mass is 220 g/mol. The Morgan fingerprint density at radius 3 is 2.77 bits per heavy atom. The highest BCUT2D eigenvalue weighted by Gasteiger charge is 2.07. The number of halogens is 2. The molecule has 0 aliphatic heterocycles. The summed E-state index contributed by atoms with van der Waals surface area (Å²) in [5, 5.41) is 9.61. The number of nitrogens with two attached hydrogens (primary N) is 1. The molecule has 0 saturated heterocycles. The molecule has 1 rings (SSSR count). The number of pyridine rings is 1. The van der Waals surface area contributed by atoms with Crippen LogP contribution in [0.5, 0.6) is 0 Å². The molecule has 0 fully saturated rings. The van der Waals surface area contributed by atoms with Crippen molar-refractivity contribution in [1.82, 2.24) is 4.98 Å². The van der Waals surface area contributed by atoms with Crippen LogP contribution in [0.4, 0.5) is 0 Å². The summed E-state index contributed by atoms with van der Waals surface area (Å²) in [6, 6.07) is 1.25. The maximum atomic E-state index is 8.73. The first-order valence-corrected chi connectivity index (χ1v) is 4.55. The highest BCUT2D eigenvalue weighted by atomic mass is 35.5. The van der Waals surface area contributed by atoms with Crippen molar-refractivity contribution < 1.29 is 5.11 Å². The summed E-state index contributed by atoms with van der Waals surface area (Å²) in [6.45, 7) is -0.0705. The van der Waals surface area contributed by atoms with E-state index in [1.54, 1.807) is 12.3 Å². The lowest BCUT2D eigenvalue weighted by Gasteiger charge is -2.08. The van der Waals surface area contributed by atoms with Gasteiger partial charge in [-0.05, 0) is 18.1 Å². The molecule has 0 bridgehead atoms. The van der Waals surface area contributed by atoms with E-state index in [2.05, 4.69) is 4.98 Å². The van der Waals surface area contributed by atoms with E-state index >= 15 is 0 Å². The minimum Gasteiger partial charge on any atom is -0.395 e. The van der Waals surface area contributed by atoms with Gasteiger partial charge in [-0.25, -0.2) is 4.98 Å². The Morgan fingerprint density at radius 2 is 2.23 bits per heavy atom. The number of aromatic nitrogens is 1. The van der Waals surface area contributed by atoms with E-state index in [-0.39, 0.29) is 12.6 Å². The smallest absolute Gasteiger partial charge is 0.130 e. The number of nitrogens with zero attached hydrogens (tertiary/aromatic N) is 1. The SMILES string of the molecule is NC(CO)Cc1cnc(Cl)cc1Cl. The molecule has 0 aromatic carbocycles. The molecule has 5 heteroatoms. The van der Waals surface area contributed by atoms with Crippen LogP contribution in [0.2, 0.25) is 10.2 Å². The predicted octanol–water partition coefficient (Wildman–Crippen LogP) is 1.25. The molecule has 0 amide bonds. The molecule has 1 heterocycles. The van der Waals surface area contributed by atoms with Crippen LogP contribution in [-0.2, 0) is 6.42 Å². The van der Waals surface area contributed by atoms with Crippen molar-refractivity contribution in [2.75, 3.05) is 6.61 Å². The van der Waals surface area contributed by atoms with E-state index < -0.39 is 0 Å². The average Bonchev–Trinajstić information content (AvgIpc) is 2.09. The second-order valence-electron chi connectivity index (χ2n) is 2.75. The Balaban J connectivity index is 2.77. The van der Waals surface area contributed by atoms with Gasteiger partial charge in [0.2, 0.25) is 0 Å². The van der Waals surface area contributed by atoms with Gasteiger partial charge in [0, 0.05) is 17.3 Å². The van der Waals surface area contributed by atoms with Crippen molar-refractivity contribution in [2.24, 2.45) is 5.73 Å². The Hall–Kier alpha value is -0.350. The van der Waals surface area contributed by atoms with Gasteiger partial charge in [-0.15, -0.1) is 0 Å². The Bertz CT molecular complexity index is 293. The molecule has 1 aromatic rings. The second-order valence-corrected chi connectivity index (χ2v) is 3.54. The van der Waals surface area contributed by atoms with Gasteiger partial charge >= 0.3 is 0 Å². The lowest BCUT2D eigenvalue weighted by molar-refractivity contribution is 0.265. The number of aliphatic hydroxyl groups is 1. The topological polar surface area (TPSA) is 59.1 Å². The predicted molar refractivity (Wildman–Crippen MR) is 53.0 cm³/mol. The average molecular weight is 221 g/mol. The van der Waals surface area contributed by atoms with Gasteiger partial charge in [-0.3, -0.25) is 0 Å². The van der Waals surface area contributed by atoms with Crippen LogP contribution in [-0.4, -0.2) is 22.7 Å². The van der Waals surface area contributed by atoms with Crippen molar-refractivity contribution in [3.8, 4) is 0 Å². The molecule has 1 unspecified atom stereocenters. The summed E-state index contributed by atoms with van der Waals surface area (Å²) in [6.07, 6.45) is 2.07. The van der Waals surface area contributed by atoms with E-state index in [4.69, 9.17) is 34.0 Å². The largest absolute Gasteiger partial charge is 0.395 e. The zero-order chi connectivity index (χ0) is 9.84. The maximum Gasteiger partial charge on any atom is 0.130 e. The molecular weight excluding hydrogens is 211 g/mol. The molecular formula is C8H10Cl2N2O. The molecule has 3 nitrogen and oxygen atoms in total. The molecule has 0 aliphatic rings. The third-order valence-corrected chi connectivity index (χ3v) is 2.17. The second kappa shape index (κ2) is 4.77. The van der Waals surface area contributed by atoms with Crippen LogP contribution in [0.1, 0.15) is 5.56 Å². The first-order chi connectivity index (χ1) is 6.13. The number of aliphatic hydroxyl groups excluding tert-OH is 1. The highest BCUT2D eigenvalue weighted by Crippen LogP contribution is 2.19. The van der Waals surface area contributed by atoms with E-state index in [0.717, 1.165) is 5.56 Å². The fourth-order valence-corrected chi connectivity index (χ4v) is 1.38. The number of hydrogen-bond donors (Lipinski definition) is 2. The van der Waals surface area contributed by atoms with Crippen molar-refractivity contribution in [3.05, 3.63) is 28.0 Å². The minimum atomic E-state index is -0.305. The van der Waals surface area contributed by atoms with Gasteiger partial charge in [0.05, 0.1) is 6.61 Å². The van der Waals surface area contributed by atoms with E-state index in [9.17, 15) is 0 Å². The zero-order valence-corrected chi connectivity index (χ0v) is 8.39. The molecule has 3 N–H and O–H groups in total. The van der Waals surface area contributed by atoms with Gasteiger partial charge < -0.3 is 10.8 Å². The van der Waals surface area contributed by atoms with Gasteiger partial charge in [0.25, 0.3) is 0 Å². The lowest BCUT2D eigenvalue weighted by Crippen LogP contribution is -2.27. The Kier molecular flexibility index (Phi) is 3.93. The van der Waals surface area contributed by atoms with Crippen molar-refractivity contribution in [2.45, 2.75) is 12.5 Å². The van der Waals surface area contributed by atoms with Crippen LogP contribution in [0.15, 0.2) is 12.3 Å². The molecule has 0 aliphatic carbocycles. The summed E-state index contributed by atoms with van der Waals surface area (Å²) in [7, 11) is 0. The molecule has 72 valence electrons. The van der Waals surface area contributed by atoms with Crippen molar-refractivity contribution in [3.63, 3.8) is 0 Å². The quantitative estimate of drug-likeness (QED) is 0.755. The zero-order valence-electron chi connectivity index (χ0n) is 6.87. The molecule has 13 heavy (non-hydrogen) atoms. The molecule has 0 spiro atoms. The fraction of sp³-hybridized carbons (Fsp3) is 0.375. The standard InChI is InChI=1S/C8H10Cl2N2O/c9-7-2-8(10)12-3-5(7)1-6(11)4-13/h2-3,6,13H,1,4,11H2. The van der Waals surface area contributed by atoms with Crippen molar-refractivity contribution >= 4 is 23.2 Å². The minimum absolute atomic E-state index is 0.0705. The molecule has 1 aromatic heterocycles. The third kappa shape index (κ3) is 3.12. The Labute approximate surface area is 86.5 Å². The number of rotatable bonds is 3. The Morgan fingerprint density at radius 1 is 1.54 bits per heavy atom. The van der Waals surface area contributed by atoms with Crippen molar-refractivity contribution in [1.29, 1.82) is 0 Å². The van der Waals surface area contributed by atoms with Crippen LogP contribution >= 0.6 is 23.2 Å². The fourth-order valence-electron chi connectivity index (χ4n) is 0.933. The summed E-state index contributed by atoms with van der Waals surface area (Å²) >= 11 is 11.5. The van der Waals surface area contributed by atoms with Gasteiger partial charge in [-0.2, -0.15) is 0 Å². The lowest BCUT2D eigenvalue weighted by atomic mass is 10.1. The molecule has 0 saturated carbocycles. The third-order valence-electron chi connectivity index (χ3n) is 1.61. The van der Waals surface area contributed by atoms with Gasteiger partial charge in [0.15, 0.2) is 0 Å². The first kappa shape index (κ1) is 10.7. The van der Waals surface area contributed by atoms with E-state index in [1.807, 2.05) is 0 Å². The van der Waals surface area contributed by atoms with Gasteiger partial charge in [0.1, 0.15) is 5.15 Å². The summed E-state index contributed by atoms with van der Waals surface area (Å²) in [5.41, 5.74) is 6.34. The van der Waals surface area contributed by atoms with E-state index in [0.29, 0.717) is 16.6 Å². The van der Waals surface area contributed by atoms with Crippen LogP contribution in [0, 0.1) is 0 Å². The van der Waals surface area contributed by atoms with Crippen LogP contribution < -0.4 is 5.73 Å². The first-order valence-electron chi connectivity index (χ1n) is 3.80. The number of hydrogen-bond acceptors (Lipinski definition) is 3. The summed E-state index contributed by atoms with van der Waals surface area (Å²) in [5.74, 6) is 0. The summed E-state index contributed by atoms with van der Waals surface area (Å²) in [4.78, 5) is 3.87. The van der Waals surface area contributed by atoms with E-state index in [1.165, 1.54) is 0 Å². The molecule has 0 radical (unpaired) electrons. The molecule has 1 atom stereocenters. The van der Waals surface area contributed by atoms with Crippen LogP contribution in [0.3, 0.4) is 0 Å². The summed E-state index contributed by atoms with van der Waals surface area (Å²) < 4.78 is 0. The van der Waals surface area contributed by atoms with Gasteiger partial charge in [-0.1, -0.05) is 23.2 Å². The maximum absolute atomic E-state index is 8.73.